The van der Waals surface area contributed by atoms with Gasteiger partial charge in [0.05, 0.1) is 17.0 Å². The molecule has 0 saturated heterocycles. The topological polar surface area (TPSA) is 54.0 Å². The second kappa shape index (κ2) is 10.6. The summed E-state index contributed by atoms with van der Waals surface area (Å²) in [5.41, 5.74) is 12.6. The zero-order valence-corrected chi connectivity index (χ0v) is 27.0. The Labute approximate surface area is 286 Å². The number of aromatic nitrogens is 3. The number of imidazole rings is 1. The van der Waals surface area contributed by atoms with Crippen molar-refractivity contribution in [2.24, 2.45) is 0 Å². The smallest absolute Gasteiger partial charge is 0.235 e. The fourth-order valence-electron chi connectivity index (χ4n) is 7.78. The molecule has 0 spiro atoms. The summed E-state index contributed by atoms with van der Waals surface area (Å²) in [5, 5.41) is 11.1. The molecule has 4 nitrogen and oxygen atoms in total. The lowest BCUT2D eigenvalue weighted by Gasteiger charge is -2.34. The number of nitriles is 1. The van der Waals surface area contributed by atoms with Crippen molar-refractivity contribution in [2.45, 2.75) is 5.41 Å². The van der Waals surface area contributed by atoms with Gasteiger partial charge in [-0.3, -0.25) is 4.40 Å². The van der Waals surface area contributed by atoms with Crippen molar-refractivity contribution in [1.82, 2.24) is 14.4 Å². The van der Waals surface area contributed by atoms with Crippen LogP contribution in [0, 0.1) is 11.3 Å². The van der Waals surface area contributed by atoms with Crippen LogP contribution in [0.2, 0.25) is 0 Å². The van der Waals surface area contributed by atoms with Gasteiger partial charge in [-0.1, -0.05) is 121 Å². The van der Waals surface area contributed by atoms with Crippen molar-refractivity contribution in [2.75, 3.05) is 0 Å². The van der Waals surface area contributed by atoms with E-state index in [4.69, 9.17) is 9.97 Å². The quantitative estimate of drug-likeness (QED) is 0.192. The summed E-state index contributed by atoms with van der Waals surface area (Å²) in [6.45, 7) is 0. The summed E-state index contributed by atoms with van der Waals surface area (Å²) in [7, 11) is 0. The highest BCUT2D eigenvalue weighted by Crippen LogP contribution is 2.57. The highest BCUT2D eigenvalue weighted by atomic mass is 32.1. The van der Waals surface area contributed by atoms with Crippen molar-refractivity contribution < 1.29 is 0 Å². The fourth-order valence-corrected chi connectivity index (χ4v) is 8.90. The molecule has 10 rings (SSSR count). The SMILES string of the molecule is N#Cc1ccc2c(c1)C(c1ccccc1)(c1ccccc1)c1cc(-c3ccc(-c4cnc5nc6c7ccccc7sc6n5c4)cc3)ccc1-2. The minimum absolute atomic E-state index is 0.570. The van der Waals surface area contributed by atoms with E-state index in [9.17, 15) is 5.26 Å². The lowest BCUT2D eigenvalue weighted by atomic mass is 9.67. The summed E-state index contributed by atoms with van der Waals surface area (Å²) in [4.78, 5) is 10.7. The molecule has 0 saturated carbocycles. The predicted octanol–water partition coefficient (Wildman–Crippen LogP) is 10.7. The lowest BCUT2D eigenvalue weighted by molar-refractivity contribution is 0.768. The molecule has 1 aliphatic rings. The molecule has 1 aliphatic carbocycles. The molecule has 9 aromatic rings. The highest BCUT2D eigenvalue weighted by molar-refractivity contribution is 7.25. The van der Waals surface area contributed by atoms with E-state index in [1.807, 2.05) is 12.3 Å². The molecule has 0 bridgehead atoms. The average Bonchev–Trinajstić information content (AvgIpc) is 3.81. The molecule has 228 valence electrons. The Bertz CT molecular complexity index is 2730. The van der Waals surface area contributed by atoms with E-state index in [1.54, 1.807) is 11.3 Å². The zero-order chi connectivity index (χ0) is 32.5. The van der Waals surface area contributed by atoms with Gasteiger partial charge >= 0.3 is 0 Å². The van der Waals surface area contributed by atoms with Crippen LogP contribution in [0.15, 0.2) is 158 Å². The molecule has 0 radical (unpaired) electrons. The van der Waals surface area contributed by atoms with Gasteiger partial charge in [0.1, 0.15) is 10.3 Å². The Morgan fingerprint density at radius 1 is 0.612 bits per heavy atom. The maximum absolute atomic E-state index is 9.95. The van der Waals surface area contributed by atoms with Crippen LogP contribution in [0.4, 0.5) is 0 Å². The third-order valence-electron chi connectivity index (χ3n) is 10.0. The first-order valence-corrected chi connectivity index (χ1v) is 17.1. The summed E-state index contributed by atoms with van der Waals surface area (Å²) in [6, 6.07) is 53.9. The first kappa shape index (κ1) is 27.7. The Hall–Kier alpha value is -6.35. The van der Waals surface area contributed by atoms with E-state index in [0.717, 1.165) is 38.2 Å². The second-order valence-electron chi connectivity index (χ2n) is 12.6. The molecule has 0 aliphatic heterocycles. The second-order valence-corrected chi connectivity index (χ2v) is 13.6. The first-order valence-electron chi connectivity index (χ1n) is 16.3. The van der Waals surface area contributed by atoms with Gasteiger partial charge in [0.25, 0.3) is 0 Å². The summed E-state index contributed by atoms with van der Waals surface area (Å²) in [5.74, 6) is 0.716. The van der Waals surface area contributed by atoms with Crippen LogP contribution in [-0.4, -0.2) is 14.4 Å². The van der Waals surface area contributed by atoms with Crippen LogP contribution in [0.1, 0.15) is 27.8 Å². The van der Waals surface area contributed by atoms with Gasteiger partial charge in [0, 0.05) is 28.0 Å². The van der Waals surface area contributed by atoms with Crippen LogP contribution in [-0.2, 0) is 5.41 Å². The van der Waals surface area contributed by atoms with Crippen LogP contribution in [0.5, 0.6) is 0 Å². The Morgan fingerprint density at radius 2 is 1.22 bits per heavy atom. The van der Waals surface area contributed by atoms with E-state index < -0.39 is 5.41 Å². The van der Waals surface area contributed by atoms with E-state index >= 15 is 0 Å². The summed E-state index contributed by atoms with van der Waals surface area (Å²) in [6.07, 6.45) is 4.07. The summed E-state index contributed by atoms with van der Waals surface area (Å²) < 4.78 is 3.35. The third-order valence-corrected chi connectivity index (χ3v) is 11.2. The Kier molecular flexibility index (Phi) is 5.99. The average molecular weight is 643 g/mol. The Balaban J connectivity index is 1.11. The molecule has 0 N–H and O–H groups in total. The lowest BCUT2D eigenvalue weighted by Crippen LogP contribution is -2.28. The maximum atomic E-state index is 9.95. The van der Waals surface area contributed by atoms with Crippen molar-refractivity contribution in [3.05, 3.63) is 186 Å². The number of rotatable bonds is 4. The molecule has 0 fully saturated rings. The number of fused-ring (bicyclic) bond motifs is 8. The molecule has 0 unspecified atom stereocenters. The van der Waals surface area contributed by atoms with E-state index in [0.29, 0.717) is 11.3 Å². The van der Waals surface area contributed by atoms with Crippen LogP contribution in [0.25, 0.3) is 59.6 Å². The highest BCUT2D eigenvalue weighted by Gasteiger charge is 2.46. The van der Waals surface area contributed by atoms with Crippen molar-refractivity contribution >= 4 is 37.5 Å². The number of hydrogen-bond donors (Lipinski definition) is 0. The van der Waals surface area contributed by atoms with E-state index in [1.165, 1.54) is 37.9 Å². The number of nitrogens with zero attached hydrogens (tertiary/aromatic N) is 4. The van der Waals surface area contributed by atoms with Gasteiger partial charge in [-0.15, -0.1) is 11.3 Å². The van der Waals surface area contributed by atoms with Crippen molar-refractivity contribution in [3.63, 3.8) is 0 Å². The van der Waals surface area contributed by atoms with Gasteiger partial charge in [-0.05, 0) is 74.3 Å². The number of benzene rings is 6. The molecule has 0 atom stereocenters. The molecular weight excluding hydrogens is 617 g/mol. The van der Waals surface area contributed by atoms with Gasteiger partial charge < -0.3 is 0 Å². The largest absolute Gasteiger partial charge is 0.274 e. The van der Waals surface area contributed by atoms with Gasteiger partial charge in [0.15, 0.2) is 0 Å². The van der Waals surface area contributed by atoms with E-state index in [-0.39, 0.29) is 0 Å². The maximum Gasteiger partial charge on any atom is 0.235 e. The van der Waals surface area contributed by atoms with Crippen LogP contribution >= 0.6 is 11.3 Å². The van der Waals surface area contributed by atoms with Crippen LogP contribution in [0.3, 0.4) is 0 Å². The monoisotopic (exact) mass is 642 g/mol. The Morgan fingerprint density at radius 3 is 1.94 bits per heavy atom. The van der Waals surface area contributed by atoms with Crippen molar-refractivity contribution in [3.8, 4) is 39.4 Å². The fraction of sp³-hybridized carbons (Fsp3) is 0.0227. The standard InChI is InChI=1S/C44H26N4S/c45-25-28-15-21-35-36-22-20-31(24-39(36)44(38(35)23-28,33-9-3-1-4-10-33)34-11-5-2-6-12-34)29-16-18-30(19-17-29)32-26-46-43-47-41-37-13-7-8-14-40(37)49-42(41)48(43)27-32/h1-24,26-27H. The number of hydrogen-bond acceptors (Lipinski definition) is 4. The number of thiophene rings is 1. The van der Waals surface area contributed by atoms with Gasteiger partial charge in [-0.2, -0.15) is 5.26 Å². The zero-order valence-electron chi connectivity index (χ0n) is 26.2. The molecule has 3 aromatic heterocycles. The van der Waals surface area contributed by atoms with Crippen molar-refractivity contribution in [1.29, 1.82) is 5.26 Å². The minimum Gasteiger partial charge on any atom is -0.274 e. The molecular formula is C44H26N4S. The van der Waals surface area contributed by atoms with E-state index in [2.05, 4.69) is 156 Å². The summed E-state index contributed by atoms with van der Waals surface area (Å²) >= 11 is 1.75. The first-order chi connectivity index (χ1) is 24.2. The molecule has 5 heteroatoms. The van der Waals surface area contributed by atoms with Gasteiger partial charge in [-0.25, -0.2) is 9.97 Å². The molecule has 3 heterocycles. The minimum atomic E-state index is -0.570. The normalized spacial score (nSPS) is 13.0. The third kappa shape index (κ3) is 4.02. The molecule has 49 heavy (non-hydrogen) atoms. The van der Waals surface area contributed by atoms with Gasteiger partial charge in [0.2, 0.25) is 5.78 Å². The molecule has 0 amide bonds. The predicted molar refractivity (Wildman–Crippen MR) is 199 cm³/mol. The molecule has 6 aromatic carbocycles. The van der Waals surface area contributed by atoms with Crippen LogP contribution < -0.4 is 0 Å².